The third-order valence-corrected chi connectivity index (χ3v) is 5.89. The molecule has 0 unspecified atom stereocenters. The van der Waals surface area contributed by atoms with Gasteiger partial charge in [-0.15, -0.1) is 0 Å². The smallest absolute Gasteiger partial charge is 0.255 e. The van der Waals surface area contributed by atoms with Crippen LogP contribution in [0.3, 0.4) is 0 Å². The van der Waals surface area contributed by atoms with E-state index in [1.54, 1.807) is 36.4 Å². The molecule has 0 radical (unpaired) electrons. The lowest BCUT2D eigenvalue weighted by Gasteiger charge is -2.22. The molecular weight excluding hydrogens is 414 g/mol. The van der Waals surface area contributed by atoms with E-state index in [2.05, 4.69) is 15.2 Å². The van der Waals surface area contributed by atoms with Gasteiger partial charge in [0, 0.05) is 43.0 Å². The number of nitrogens with one attached hydrogen (secondary N) is 2. The predicted molar refractivity (Wildman–Crippen MR) is 130 cm³/mol. The largest absolute Gasteiger partial charge is 0.341 e. The summed E-state index contributed by atoms with van der Waals surface area (Å²) in [6.07, 6.45) is 0.869. The normalized spacial score (nSPS) is 14.2. The third kappa shape index (κ3) is 4.57. The molecule has 7 nitrogen and oxygen atoms in total. The van der Waals surface area contributed by atoms with Gasteiger partial charge in [-0.05, 0) is 55.0 Å². The number of amides is 2. The van der Waals surface area contributed by atoms with Gasteiger partial charge < -0.3 is 20.1 Å². The zero-order valence-electron chi connectivity index (χ0n) is 18.2. The summed E-state index contributed by atoms with van der Waals surface area (Å²) in [5, 5.41) is 2.87. The Hall–Kier alpha value is -4.13. The first-order chi connectivity index (χ1) is 16.2. The van der Waals surface area contributed by atoms with Crippen molar-refractivity contribution in [1.82, 2.24) is 14.9 Å². The second-order valence-electron chi connectivity index (χ2n) is 8.11. The first-order valence-corrected chi connectivity index (χ1v) is 11.1. The first-order valence-electron chi connectivity index (χ1n) is 11.1. The standard InChI is InChI=1S/C26H25N5O2/c32-24(19-7-2-1-3-8-19)27-21-13-11-20(12-14-21)25(33)30-15-6-16-31(18-17-30)26-28-22-9-4-5-10-23(22)29-26/h1-5,7-14H,6,15-18H2,(H,27,32)(H,28,29). The number of rotatable bonds is 4. The maximum Gasteiger partial charge on any atom is 0.255 e. The summed E-state index contributed by atoms with van der Waals surface area (Å²) < 4.78 is 0. The molecule has 33 heavy (non-hydrogen) atoms. The van der Waals surface area contributed by atoms with E-state index in [1.165, 1.54) is 0 Å². The number of carbonyl (C=O) groups is 2. The molecule has 0 atom stereocenters. The summed E-state index contributed by atoms with van der Waals surface area (Å²) in [5.41, 5.74) is 3.83. The number of hydrogen-bond donors (Lipinski definition) is 2. The molecule has 3 aromatic carbocycles. The van der Waals surface area contributed by atoms with Crippen LogP contribution in [0.4, 0.5) is 11.6 Å². The van der Waals surface area contributed by atoms with E-state index in [1.807, 2.05) is 47.4 Å². The molecule has 166 valence electrons. The Bertz CT molecular complexity index is 1230. The van der Waals surface area contributed by atoms with Crippen LogP contribution in [0.1, 0.15) is 27.1 Å². The number of aromatic amines is 1. The molecule has 1 aliphatic heterocycles. The molecule has 4 aromatic rings. The van der Waals surface area contributed by atoms with Crippen LogP contribution in [-0.2, 0) is 0 Å². The van der Waals surface area contributed by atoms with Gasteiger partial charge >= 0.3 is 0 Å². The average Bonchev–Trinajstić information content (AvgIpc) is 3.14. The molecule has 1 aromatic heterocycles. The van der Waals surface area contributed by atoms with Crippen LogP contribution in [-0.4, -0.2) is 52.9 Å². The molecule has 0 saturated carbocycles. The first kappa shape index (κ1) is 20.8. The molecule has 7 heteroatoms. The van der Waals surface area contributed by atoms with Crippen LogP contribution in [0, 0.1) is 0 Å². The fraction of sp³-hybridized carbons (Fsp3) is 0.192. The fourth-order valence-electron chi connectivity index (χ4n) is 4.09. The van der Waals surface area contributed by atoms with Gasteiger partial charge in [0.2, 0.25) is 5.95 Å². The molecule has 1 fully saturated rings. The highest BCUT2D eigenvalue weighted by molar-refractivity contribution is 6.04. The molecule has 2 amide bonds. The topological polar surface area (TPSA) is 81.3 Å². The summed E-state index contributed by atoms with van der Waals surface area (Å²) >= 11 is 0. The lowest BCUT2D eigenvalue weighted by molar-refractivity contribution is 0.0767. The Kier molecular flexibility index (Phi) is 5.76. The molecule has 2 N–H and O–H groups in total. The van der Waals surface area contributed by atoms with E-state index < -0.39 is 0 Å². The van der Waals surface area contributed by atoms with Crippen molar-refractivity contribution in [3.05, 3.63) is 90.0 Å². The zero-order valence-corrected chi connectivity index (χ0v) is 18.2. The minimum atomic E-state index is -0.173. The average molecular weight is 440 g/mol. The summed E-state index contributed by atoms with van der Waals surface area (Å²) in [6.45, 7) is 2.88. The summed E-state index contributed by atoms with van der Waals surface area (Å²) in [5.74, 6) is 0.680. The van der Waals surface area contributed by atoms with E-state index >= 15 is 0 Å². The van der Waals surface area contributed by atoms with E-state index in [9.17, 15) is 9.59 Å². The van der Waals surface area contributed by atoms with Gasteiger partial charge in [0.05, 0.1) is 11.0 Å². The highest BCUT2D eigenvalue weighted by Crippen LogP contribution is 2.19. The van der Waals surface area contributed by atoms with Crippen LogP contribution in [0.15, 0.2) is 78.9 Å². The number of fused-ring (bicyclic) bond motifs is 1. The number of hydrogen-bond acceptors (Lipinski definition) is 4. The second-order valence-corrected chi connectivity index (χ2v) is 8.11. The zero-order chi connectivity index (χ0) is 22.6. The number of carbonyl (C=O) groups excluding carboxylic acids is 2. The second kappa shape index (κ2) is 9.16. The van der Waals surface area contributed by atoms with Crippen molar-refractivity contribution in [2.45, 2.75) is 6.42 Å². The Labute approximate surface area is 192 Å². The summed E-state index contributed by atoms with van der Waals surface area (Å²) in [6, 6.07) is 24.1. The van der Waals surface area contributed by atoms with Crippen LogP contribution in [0.5, 0.6) is 0 Å². The van der Waals surface area contributed by atoms with Gasteiger partial charge in [-0.25, -0.2) is 4.98 Å². The van der Waals surface area contributed by atoms with Crippen LogP contribution < -0.4 is 10.2 Å². The van der Waals surface area contributed by atoms with Gasteiger partial charge in [0.15, 0.2) is 0 Å². The van der Waals surface area contributed by atoms with Crippen molar-refractivity contribution in [3.8, 4) is 0 Å². The lowest BCUT2D eigenvalue weighted by Crippen LogP contribution is -2.35. The monoisotopic (exact) mass is 439 g/mol. The highest BCUT2D eigenvalue weighted by atomic mass is 16.2. The van der Waals surface area contributed by atoms with Crippen molar-refractivity contribution in [2.75, 3.05) is 36.4 Å². The van der Waals surface area contributed by atoms with E-state index in [0.717, 1.165) is 36.5 Å². The Balaban J connectivity index is 1.21. The number of benzene rings is 3. The van der Waals surface area contributed by atoms with Gasteiger partial charge in [0.25, 0.3) is 11.8 Å². The van der Waals surface area contributed by atoms with Crippen LogP contribution >= 0.6 is 0 Å². The number of H-pyrrole nitrogens is 1. The van der Waals surface area contributed by atoms with E-state index in [0.29, 0.717) is 29.9 Å². The van der Waals surface area contributed by atoms with Crippen LogP contribution in [0.25, 0.3) is 11.0 Å². The van der Waals surface area contributed by atoms with Gasteiger partial charge in [-0.2, -0.15) is 0 Å². The molecule has 1 aliphatic rings. The van der Waals surface area contributed by atoms with Crippen molar-refractivity contribution >= 4 is 34.5 Å². The Morgan fingerprint density at radius 1 is 0.788 bits per heavy atom. The maximum atomic E-state index is 13.1. The van der Waals surface area contributed by atoms with Crippen LogP contribution in [0.2, 0.25) is 0 Å². The number of anilines is 2. The van der Waals surface area contributed by atoms with Crippen molar-refractivity contribution < 1.29 is 9.59 Å². The van der Waals surface area contributed by atoms with Gasteiger partial charge in [-0.3, -0.25) is 9.59 Å². The highest BCUT2D eigenvalue weighted by Gasteiger charge is 2.22. The molecule has 2 heterocycles. The number of para-hydroxylation sites is 2. The van der Waals surface area contributed by atoms with E-state index in [4.69, 9.17) is 4.98 Å². The summed E-state index contributed by atoms with van der Waals surface area (Å²) in [7, 11) is 0. The molecule has 0 bridgehead atoms. The number of aromatic nitrogens is 2. The predicted octanol–water partition coefficient (Wildman–Crippen LogP) is 4.17. The Morgan fingerprint density at radius 3 is 2.33 bits per heavy atom. The minimum absolute atomic E-state index is 0.00221. The lowest BCUT2D eigenvalue weighted by atomic mass is 10.1. The minimum Gasteiger partial charge on any atom is -0.341 e. The molecule has 1 saturated heterocycles. The maximum absolute atomic E-state index is 13.1. The van der Waals surface area contributed by atoms with Gasteiger partial charge in [0.1, 0.15) is 0 Å². The molecule has 5 rings (SSSR count). The SMILES string of the molecule is O=C(Nc1ccc(C(=O)N2CCCN(c3nc4ccccc4[nH]3)CC2)cc1)c1ccccc1. The summed E-state index contributed by atoms with van der Waals surface area (Å²) in [4.78, 5) is 37.6. The molecule has 0 spiro atoms. The third-order valence-electron chi connectivity index (χ3n) is 5.89. The number of nitrogens with zero attached hydrogens (tertiary/aromatic N) is 3. The van der Waals surface area contributed by atoms with Crippen molar-refractivity contribution in [3.63, 3.8) is 0 Å². The molecular formula is C26H25N5O2. The van der Waals surface area contributed by atoms with E-state index in [-0.39, 0.29) is 11.8 Å². The van der Waals surface area contributed by atoms with Crippen molar-refractivity contribution in [2.24, 2.45) is 0 Å². The quantitative estimate of drug-likeness (QED) is 0.500. The fourth-order valence-corrected chi connectivity index (χ4v) is 4.09. The van der Waals surface area contributed by atoms with Crippen molar-refractivity contribution in [1.29, 1.82) is 0 Å². The molecule has 0 aliphatic carbocycles. The van der Waals surface area contributed by atoms with Gasteiger partial charge in [-0.1, -0.05) is 30.3 Å². The Morgan fingerprint density at radius 2 is 1.55 bits per heavy atom. The number of imidazole rings is 1.